The highest BCUT2D eigenvalue weighted by molar-refractivity contribution is 6.67. The van der Waals surface area contributed by atoms with E-state index in [1.54, 1.807) is 48.5 Å². The zero-order valence-corrected chi connectivity index (χ0v) is 13.1. The number of aliphatic hydroxyl groups excluding tert-OH is 1. The van der Waals surface area contributed by atoms with Crippen LogP contribution in [0.2, 0.25) is 5.02 Å². The summed E-state index contributed by atoms with van der Waals surface area (Å²) in [5, 5.41) is 9.86. The summed E-state index contributed by atoms with van der Waals surface area (Å²) in [4.78, 5) is 10.9. The third-order valence-corrected chi connectivity index (χ3v) is 3.27. The monoisotopic (exact) mass is 340 g/mol. The van der Waals surface area contributed by atoms with Crippen LogP contribution in [0.5, 0.6) is 11.5 Å². The molecule has 2 rings (SSSR count). The molecule has 0 saturated carbocycles. The quantitative estimate of drug-likeness (QED) is 0.613. The third kappa shape index (κ3) is 5.22. The van der Waals surface area contributed by atoms with Crippen LogP contribution in [0.15, 0.2) is 48.5 Å². The van der Waals surface area contributed by atoms with Crippen LogP contribution in [0.25, 0.3) is 0 Å². The molecule has 116 valence electrons. The van der Waals surface area contributed by atoms with Gasteiger partial charge in [-0.1, -0.05) is 11.6 Å². The van der Waals surface area contributed by atoms with Gasteiger partial charge in [0, 0.05) is 17.0 Å². The van der Waals surface area contributed by atoms with E-state index in [1.807, 2.05) is 0 Å². The molecule has 4 nitrogen and oxygen atoms in total. The number of carbonyl (C=O) groups excluding carboxylic acids is 1. The van der Waals surface area contributed by atoms with Crippen LogP contribution in [0.4, 0.5) is 0 Å². The second-order valence-electron chi connectivity index (χ2n) is 4.46. The van der Waals surface area contributed by atoms with Gasteiger partial charge in [0.2, 0.25) is 6.29 Å². The van der Waals surface area contributed by atoms with Crippen molar-refractivity contribution in [3.05, 3.63) is 59.1 Å². The van der Waals surface area contributed by atoms with Crippen LogP contribution in [-0.2, 0) is 0 Å². The summed E-state index contributed by atoms with van der Waals surface area (Å²) in [6.07, 6.45) is -0.691. The lowest BCUT2D eigenvalue weighted by atomic mass is 10.2. The van der Waals surface area contributed by atoms with Gasteiger partial charge in [-0.25, -0.2) is 0 Å². The fraction of sp³-hybridized carbons (Fsp3) is 0.188. The molecule has 1 N–H and O–H groups in total. The summed E-state index contributed by atoms with van der Waals surface area (Å²) in [5.41, 5.74) is 0.403. The Labute approximate surface area is 138 Å². The Morgan fingerprint density at radius 1 is 1.05 bits per heavy atom. The van der Waals surface area contributed by atoms with Gasteiger partial charge in [0.05, 0.1) is 6.61 Å². The van der Waals surface area contributed by atoms with Gasteiger partial charge in [0.25, 0.3) is 5.24 Å². The number of halogens is 2. The number of carbonyl (C=O) groups is 1. The van der Waals surface area contributed by atoms with Crippen LogP contribution in [0.3, 0.4) is 0 Å². The molecule has 1 unspecified atom stereocenters. The zero-order valence-electron chi connectivity index (χ0n) is 11.5. The molecule has 0 spiro atoms. The molecule has 0 aromatic heterocycles. The Kier molecular flexibility index (Phi) is 6.07. The van der Waals surface area contributed by atoms with E-state index in [-0.39, 0.29) is 6.61 Å². The summed E-state index contributed by atoms with van der Waals surface area (Å²) >= 11 is 11.1. The van der Waals surface area contributed by atoms with Gasteiger partial charge in [0.15, 0.2) is 0 Å². The number of benzene rings is 2. The molecule has 0 radical (unpaired) electrons. The van der Waals surface area contributed by atoms with Crippen molar-refractivity contribution >= 4 is 28.4 Å². The lowest BCUT2D eigenvalue weighted by Crippen LogP contribution is -2.18. The molecule has 0 amide bonds. The van der Waals surface area contributed by atoms with E-state index in [4.69, 9.17) is 32.7 Å². The molecule has 0 aliphatic carbocycles. The van der Waals surface area contributed by atoms with E-state index in [1.165, 1.54) is 0 Å². The van der Waals surface area contributed by atoms with E-state index in [0.717, 1.165) is 0 Å². The molecule has 0 saturated heterocycles. The van der Waals surface area contributed by atoms with Crippen molar-refractivity contribution < 1.29 is 19.4 Å². The molecule has 0 heterocycles. The van der Waals surface area contributed by atoms with Crippen molar-refractivity contribution in [1.82, 2.24) is 0 Å². The van der Waals surface area contributed by atoms with Crippen molar-refractivity contribution in [2.75, 3.05) is 6.61 Å². The highest BCUT2D eigenvalue weighted by atomic mass is 35.5. The van der Waals surface area contributed by atoms with Gasteiger partial charge in [0.1, 0.15) is 11.5 Å². The standard InChI is InChI=1S/C16H14Cl2O4/c17-12-3-7-14(8-4-12)22-15(19)9-10-21-13-5-1-11(2-6-13)16(18)20/h1-8,15,19H,9-10H2. The Bertz CT molecular complexity index is 611. The first kappa shape index (κ1) is 16.6. The first-order valence-electron chi connectivity index (χ1n) is 6.57. The average molecular weight is 341 g/mol. The second-order valence-corrected chi connectivity index (χ2v) is 5.24. The maximum Gasteiger partial charge on any atom is 0.252 e. The largest absolute Gasteiger partial charge is 0.493 e. The molecule has 0 aliphatic heterocycles. The van der Waals surface area contributed by atoms with E-state index in [2.05, 4.69) is 0 Å². The molecular formula is C16H14Cl2O4. The maximum atomic E-state index is 10.9. The molecule has 0 aliphatic rings. The molecule has 0 bridgehead atoms. The summed E-state index contributed by atoms with van der Waals surface area (Å²) in [5.74, 6) is 1.11. The molecule has 2 aromatic rings. The van der Waals surface area contributed by atoms with Gasteiger partial charge in [-0.15, -0.1) is 0 Å². The van der Waals surface area contributed by atoms with E-state index in [9.17, 15) is 9.90 Å². The Morgan fingerprint density at radius 3 is 2.23 bits per heavy atom. The molecule has 6 heteroatoms. The van der Waals surface area contributed by atoms with Crippen molar-refractivity contribution in [1.29, 1.82) is 0 Å². The Hall–Kier alpha value is -1.75. The first-order chi connectivity index (χ1) is 10.5. The fourth-order valence-electron chi connectivity index (χ4n) is 1.69. The van der Waals surface area contributed by atoms with Crippen LogP contribution in [0, 0.1) is 0 Å². The summed E-state index contributed by atoms with van der Waals surface area (Å²) in [6, 6.07) is 13.1. The summed E-state index contributed by atoms with van der Waals surface area (Å²) < 4.78 is 10.8. The topological polar surface area (TPSA) is 55.8 Å². The highest BCUT2D eigenvalue weighted by Crippen LogP contribution is 2.18. The Balaban J connectivity index is 1.75. The predicted molar refractivity (Wildman–Crippen MR) is 84.8 cm³/mol. The lowest BCUT2D eigenvalue weighted by molar-refractivity contribution is -0.0307. The number of ether oxygens (including phenoxy) is 2. The normalized spacial score (nSPS) is 11.8. The van der Waals surface area contributed by atoms with Crippen LogP contribution in [-0.4, -0.2) is 23.2 Å². The predicted octanol–water partition coefficient (Wildman–Crippen LogP) is 3.89. The minimum absolute atomic E-state index is 0.267. The third-order valence-electron chi connectivity index (χ3n) is 2.80. The van der Waals surface area contributed by atoms with E-state index >= 15 is 0 Å². The average Bonchev–Trinajstić information content (AvgIpc) is 2.50. The van der Waals surface area contributed by atoms with E-state index < -0.39 is 11.5 Å². The van der Waals surface area contributed by atoms with Crippen LogP contribution < -0.4 is 9.47 Å². The van der Waals surface area contributed by atoms with E-state index in [0.29, 0.717) is 28.5 Å². The number of hydrogen-bond donors (Lipinski definition) is 1. The number of rotatable bonds is 7. The number of hydrogen-bond acceptors (Lipinski definition) is 4. The minimum Gasteiger partial charge on any atom is -0.493 e. The molecule has 0 fully saturated rings. The molecule has 1 atom stereocenters. The molecule has 2 aromatic carbocycles. The van der Waals surface area contributed by atoms with Gasteiger partial charge >= 0.3 is 0 Å². The van der Waals surface area contributed by atoms with Crippen molar-refractivity contribution in [2.45, 2.75) is 12.7 Å². The zero-order chi connectivity index (χ0) is 15.9. The van der Waals surface area contributed by atoms with Crippen LogP contribution >= 0.6 is 23.2 Å². The van der Waals surface area contributed by atoms with Gasteiger partial charge < -0.3 is 14.6 Å². The summed E-state index contributed by atoms with van der Waals surface area (Å²) in [7, 11) is 0. The summed E-state index contributed by atoms with van der Waals surface area (Å²) in [6.45, 7) is 0.267. The molecule has 22 heavy (non-hydrogen) atoms. The van der Waals surface area contributed by atoms with Crippen molar-refractivity contribution in [3.8, 4) is 11.5 Å². The van der Waals surface area contributed by atoms with Gasteiger partial charge in [-0.2, -0.15) is 0 Å². The lowest BCUT2D eigenvalue weighted by Gasteiger charge is -2.14. The fourth-order valence-corrected chi connectivity index (χ4v) is 1.94. The smallest absolute Gasteiger partial charge is 0.252 e. The Morgan fingerprint density at radius 2 is 1.64 bits per heavy atom. The van der Waals surface area contributed by atoms with Gasteiger partial charge in [-0.3, -0.25) is 4.79 Å². The second kappa shape index (κ2) is 8.03. The van der Waals surface area contributed by atoms with Crippen molar-refractivity contribution in [3.63, 3.8) is 0 Å². The molecular weight excluding hydrogens is 327 g/mol. The minimum atomic E-state index is -0.982. The maximum absolute atomic E-state index is 10.9. The van der Waals surface area contributed by atoms with Crippen molar-refractivity contribution in [2.24, 2.45) is 0 Å². The highest BCUT2D eigenvalue weighted by Gasteiger charge is 2.07. The van der Waals surface area contributed by atoms with Gasteiger partial charge in [-0.05, 0) is 60.1 Å². The SMILES string of the molecule is O=C(Cl)c1ccc(OCCC(O)Oc2ccc(Cl)cc2)cc1. The van der Waals surface area contributed by atoms with Crippen LogP contribution in [0.1, 0.15) is 16.8 Å². The number of aliphatic hydroxyl groups is 1. The first-order valence-corrected chi connectivity index (χ1v) is 7.33.